The highest BCUT2D eigenvalue weighted by molar-refractivity contribution is 5.17. The summed E-state index contributed by atoms with van der Waals surface area (Å²) in [6, 6.07) is 2.01. The minimum atomic E-state index is 0.882. The van der Waals surface area contributed by atoms with Crippen LogP contribution in [0.5, 0.6) is 0 Å². The second kappa shape index (κ2) is 5.09. The molecular weight excluding hydrogens is 238 g/mol. The Morgan fingerprint density at radius 2 is 2.26 bits per heavy atom. The summed E-state index contributed by atoms with van der Waals surface area (Å²) in [4.78, 5) is 19.1. The topological polar surface area (TPSA) is 57.7 Å². The van der Waals surface area contributed by atoms with E-state index in [1.54, 1.807) is 0 Å². The van der Waals surface area contributed by atoms with E-state index in [1.165, 1.54) is 11.4 Å². The summed E-state index contributed by atoms with van der Waals surface area (Å²) in [6.07, 6.45) is 3.76. The summed E-state index contributed by atoms with van der Waals surface area (Å²) in [5.74, 6) is 1.94. The van der Waals surface area contributed by atoms with E-state index in [4.69, 9.17) is 0 Å². The molecule has 0 aromatic carbocycles. The maximum atomic E-state index is 4.57. The van der Waals surface area contributed by atoms with Crippen LogP contribution >= 0.6 is 0 Å². The Morgan fingerprint density at radius 3 is 3.11 bits per heavy atom. The lowest BCUT2D eigenvalue weighted by Gasteiger charge is -2.25. The number of aryl methyl sites for hydroxylation is 2. The van der Waals surface area contributed by atoms with Crippen LogP contribution in [0.2, 0.25) is 0 Å². The van der Waals surface area contributed by atoms with Crippen LogP contribution in [0.15, 0.2) is 12.3 Å². The lowest BCUT2D eigenvalue weighted by molar-refractivity contribution is 0.238. The summed E-state index contributed by atoms with van der Waals surface area (Å²) in [5.41, 5.74) is 3.59. The number of aromatic amines is 1. The predicted octanol–water partition coefficient (Wildman–Crippen LogP) is 1.63. The number of nitrogens with zero attached hydrogens (tertiary/aromatic N) is 4. The van der Waals surface area contributed by atoms with Gasteiger partial charge in [-0.15, -0.1) is 0 Å². The largest absolute Gasteiger partial charge is 0.345 e. The molecule has 0 unspecified atom stereocenters. The van der Waals surface area contributed by atoms with Gasteiger partial charge < -0.3 is 4.98 Å². The van der Waals surface area contributed by atoms with Gasteiger partial charge in [-0.3, -0.25) is 4.90 Å². The first-order chi connectivity index (χ1) is 9.24. The average Bonchev–Trinajstić information content (AvgIpc) is 2.78. The van der Waals surface area contributed by atoms with Crippen molar-refractivity contribution in [2.45, 2.75) is 39.8 Å². The lowest BCUT2D eigenvalue weighted by atomic mass is 10.1. The van der Waals surface area contributed by atoms with Gasteiger partial charge in [0.15, 0.2) is 0 Å². The molecule has 0 radical (unpaired) electrons. The second-order valence-corrected chi connectivity index (χ2v) is 5.03. The molecule has 0 saturated carbocycles. The van der Waals surface area contributed by atoms with Crippen molar-refractivity contribution in [2.75, 3.05) is 6.54 Å². The predicted molar refractivity (Wildman–Crippen MR) is 72.6 cm³/mol. The number of H-pyrrole nitrogens is 1. The van der Waals surface area contributed by atoms with Crippen LogP contribution in [-0.2, 0) is 25.9 Å². The van der Waals surface area contributed by atoms with Crippen LogP contribution < -0.4 is 0 Å². The Bertz CT molecular complexity index is 575. The Kier molecular flexibility index (Phi) is 3.29. The summed E-state index contributed by atoms with van der Waals surface area (Å²) < 4.78 is 0. The molecule has 1 aliphatic heterocycles. The average molecular weight is 257 g/mol. The van der Waals surface area contributed by atoms with Gasteiger partial charge in [0, 0.05) is 38.7 Å². The Morgan fingerprint density at radius 1 is 1.37 bits per heavy atom. The van der Waals surface area contributed by atoms with E-state index in [9.17, 15) is 0 Å². The summed E-state index contributed by atoms with van der Waals surface area (Å²) in [5, 5.41) is 0. The van der Waals surface area contributed by atoms with Crippen LogP contribution in [0, 0.1) is 6.92 Å². The number of aromatic nitrogens is 4. The van der Waals surface area contributed by atoms with E-state index in [1.807, 2.05) is 19.2 Å². The van der Waals surface area contributed by atoms with E-state index in [-0.39, 0.29) is 0 Å². The first-order valence-corrected chi connectivity index (χ1v) is 6.82. The molecule has 1 aliphatic rings. The second-order valence-electron chi connectivity index (χ2n) is 5.03. The zero-order valence-electron chi connectivity index (χ0n) is 11.5. The zero-order chi connectivity index (χ0) is 13.2. The quantitative estimate of drug-likeness (QED) is 0.908. The minimum Gasteiger partial charge on any atom is -0.345 e. The third kappa shape index (κ3) is 2.66. The molecule has 5 heteroatoms. The van der Waals surface area contributed by atoms with Crippen molar-refractivity contribution in [3.63, 3.8) is 0 Å². The molecule has 3 rings (SSSR count). The minimum absolute atomic E-state index is 0.882. The molecule has 0 amide bonds. The number of fused-ring (bicyclic) bond motifs is 1. The SMILES string of the molecule is CCc1nccc(CN2CCc3nc(C)[nH]c3C2)n1. The molecule has 0 atom stereocenters. The molecule has 3 heterocycles. The maximum absolute atomic E-state index is 4.57. The van der Waals surface area contributed by atoms with Gasteiger partial charge in [-0.05, 0) is 13.0 Å². The lowest BCUT2D eigenvalue weighted by Crippen LogP contribution is -2.30. The van der Waals surface area contributed by atoms with Crippen LogP contribution in [0.25, 0.3) is 0 Å². The smallest absolute Gasteiger partial charge is 0.128 e. The number of hydrogen-bond donors (Lipinski definition) is 1. The van der Waals surface area contributed by atoms with Crippen molar-refractivity contribution >= 4 is 0 Å². The molecule has 0 fully saturated rings. The summed E-state index contributed by atoms with van der Waals surface area (Å²) in [6.45, 7) is 6.96. The highest BCUT2D eigenvalue weighted by atomic mass is 15.2. The van der Waals surface area contributed by atoms with Crippen molar-refractivity contribution in [2.24, 2.45) is 0 Å². The highest BCUT2D eigenvalue weighted by Gasteiger charge is 2.19. The van der Waals surface area contributed by atoms with E-state index < -0.39 is 0 Å². The monoisotopic (exact) mass is 257 g/mol. The third-order valence-corrected chi connectivity index (χ3v) is 3.49. The number of rotatable bonds is 3. The Hall–Kier alpha value is -1.75. The van der Waals surface area contributed by atoms with Gasteiger partial charge in [0.1, 0.15) is 11.6 Å². The van der Waals surface area contributed by atoms with Gasteiger partial charge in [0.2, 0.25) is 0 Å². The molecule has 5 nitrogen and oxygen atoms in total. The molecule has 0 spiro atoms. The van der Waals surface area contributed by atoms with Crippen molar-refractivity contribution in [1.82, 2.24) is 24.8 Å². The van der Waals surface area contributed by atoms with Crippen LogP contribution in [0.4, 0.5) is 0 Å². The standard InChI is InChI=1S/C14H19N5/c1-3-14-15-6-4-11(18-14)8-19-7-5-12-13(9-19)17-10(2)16-12/h4,6H,3,5,7-9H2,1-2H3,(H,16,17). The number of nitrogens with one attached hydrogen (secondary N) is 1. The molecule has 2 aromatic heterocycles. The van der Waals surface area contributed by atoms with Crippen LogP contribution in [-0.4, -0.2) is 31.4 Å². The fraction of sp³-hybridized carbons (Fsp3) is 0.500. The maximum Gasteiger partial charge on any atom is 0.128 e. The van der Waals surface area contributed by atoms with Gasteiger partial charge in [-0.1, -0.05) is 6.92 Å². The molecule has 1 N–H and O–H groups in total. The molecule has 100 valence electrons. The van der Waals surface area contributed by atoms with E-state index in [0.29, 0.717) is 0 Å². The fourth-order valence-corrected chi connectivity index (χ4v) is 2.56. The van der Waals surface area contributed by atoms with E-state index in [2.05, 4.69) is 31.8 Å². The molecular formula is C14H19N5. The van der Waals surface area contributed by atoms with Crippen molar-refractivity contribution in [3.05, 3.63) is 41.0 Å². The van der Waals surface area contributed by atoms with Gasteiger partial charge in [-0.25, -0.2) is 15.0 Å². The first kappa shape index (κ1) is 12.3. The third-order valence-electron chi connectivity index (χ3n) is 3.49. The molecule has 2 aromatic rings. The number of imidazole rings is 1. The molecule has 0 saturated heterocycles. The first-order valence-electron chi connectivity index (χ1n) is 6.82. The van der Waals surface area contributed by atoms with Crippen molar-refractivity contribution in [1.29, 1.82) is 0 Å². The molecule has 0 aliphatic carbocycles. The van der Waals surface area contributed by atoms with Gasteiger partial charge >= 0.3 is 0 Å². The highest BCUT2D eigenvalue weighted by Crippen LogP contribution is 2.17. The summed E-state index contributed by atoms with van der Waals surface area (Å²) in [7, 11) is 0. The van der Waals surface area contributed by atoms with Crippen molar-refractivity contribution in [3.8, 4) is 0 Å². The molecule has 0 bridgehead atoms. The van der Waals surface area contributed by atoms with Crippen molar-refractivity contribution < 1.29 is 0 Å². The zero-order valence-corrected chi connectivity index (χ0v) is 11.5. The van der Waals surface area contributed by atoms with E-state index >= 15 is 0 Å². The normalized spacial score (nSPS) is 15.5. The van der Waals surface area contributed by atoms with Gasteiger partial charge in [-0.2, -0.15) is 0 Å². The summed E-state index contributed by atoms with van der Waals surface area (Å²) >= 11 is 0. The molecule has 19 heavy (non-hydrogen) atoms. The van der Waals surface area contributed by atoms with E-state index in [0.717, 1.165) is 49.8 Å². The Labute approximate surface area is 113 Å². The van der Waals surface area contributed by atoms with Gasteiger partial charge in [0.25, 0.3) is 0 Å². The van der Waals surface area contributed by atoms with Gasteiger partial charge in [0.05, 0.1) is 17.1 Å². The fourth-order valence-electron chi connectivity index (χ4n) is 2.56. The number of hydrogen-bond acceptors (Lipinski definition) is 4. The van der Waals surface area contributed by atoms with Crippen LogP contribution in [0.3, 0.4) is 0 Å². The Balaban J connectivity index is 1.71. The van der Waals surface area contributed by atoms with Crippen LogP contribution in [0.1, 0.15) is 35.7 Å².